The van der Waals surface area contributed by atoms with Crippen molar-refractivity contribution in [2.45, 2.75) is 378 Å². The van der Waals surface area contributed by atoms with Crippen LogP contribution in [0.2, 0.25) is 0 Å². The van der Waals surface area contributed by atoms with E-state index in [2.05, 4.69) is 207 Å². The van der Waals surface area contributed by atoms with Crippen molar-refractivity contribution in [3.8, 4) is 12.3 Å². The minimum atomic E-state index is 0.0679. The van der Waals surface area contributed by atoms with Crippen molar-refractivity contribution in [3.63, 3.8) is 0 Å². The molecule has 8 N–H and O–H groups in total. The zero-order valence-electron chi connectivity index (χ0n) is 66.4. The number of hydrogen-bond acceptors (Lipinski definition) is 16. The molecule has 16 nitrogen and oxygen atoms in total. The molecule has 562 valence electrons. The van der Waals surface area contributed by atoms with Crippen molar-refractivity contribution < 1.29 is 18.9 Å². The lowest BCUT2D eigenvalue weighted by Gasteiger charge is -2.44. The summed E-state index contributed by atoms with van der Waals surface area (Å²) in [6.07, 6.45) is 32.2. The van der Waals surface area contributed by atoms with Crippen molar-refractivity contribution in [2.24, 2.45) is 5.92 Å². The SMILES string of the molecule is C#CCN1CC[C@@H](NC(C)(C)C)C1.CC(C)(C)NC1CCC(NC2CC2)CC1.CC(C)(C)NC1CCN(C2CCOCC2)CC1.CC(C)(C)NC1CCN(C2CCOCC2)CC1.CC(C)(C)N[C@@H]1CCN(C2CCOC(C)(C)C2)C1.CC(C)(C)N[C@@]1(C2CCOCC2)CCNC1. The van der Waals surface area contributed by atoms with Gasteiger partial charge in [-0.25, -0.2) is 0 Å². The Morgan fingerprint density at radius 2 is 0.771 bits per heavy atom. The van der Waals surface area contributed by atoms with E-state index in [-0.39, 0.29) is 38.8 Å². The molecule has 0 spiro atoms. The van der Waals surface area contributed by atoms with Crippen LogP contribution in [0.1, 0.15) is 273 Å². The number of hydrogen-bond donors (Lipinski definition) is 8. The molecule has 11 fully saturated rings. The summed E-state index contributed by atoms with van der Waals surface area (Å²) in [6, 6.07) is 7.46. The van der Waals surface area contributed by atoms with E-state index >= 15 is 0 Å². The van der Waals surface area contributed by atoms with Gasteiger partial charge in [-0.1, -0.05) is 5.92 Å². The molecule has 1 unspecified atom stereocenters. The molecule has 2 aliphatic carbocycles. The van der Waals surface area contributed by atoms with Crippen LogP contribution in [0.4, 0.5) is 0 Å². The smallest absolute Gasteiger partial charge is 0.0641 e. The lowest BCUT2D eigenvalue weighted by molar-refractivity contribution is -0.0805. The molecule has 96 heavy (non-hydrogen) atoms. The summed E-state index contributed by atoms with van der Waals surface area (Å²) >= 11 is 0. The molecule has 0 aromatic carbocycles. The van der Waals surface area contributed by atoms with Gasteiger partial charge in [0.1, 0.15) is 0 Å². The molecule has 16 heteroatoms. The van der Waals surface area contributed by atoms with Crippen molar-refractivity contribution in [1.82, 2.24) is 62.1 Å². The number of nitrogens with one attached hydrogen (secondary N) is 8. The van der Waals surface area contributed by atoms with Gasteiger partial charge in [-0.05, 0) is 312 Å². The largest absolute Gasteiger partial charge is 0.381 e. The Labute approximate surface area is 592 Å². The van der Waals surface area contributed by atoms with Crippen LogP contribution in [0.3, 0.4) is 0 Å². The zero-order valence-corrected chi connectivity index (χ0v) is 66.4. The van der Waals surface area contributed by atoms with Crippen LogP contribution in [0, 0.1) is 18.3 Å². The molecule has 0 amide bonds. The highest BCUT2D eigenvalue weighted by Crippen LogP contribution is 2.35. The summed E-state index contributed by atoms with van der Waals surface area (Å²) in [5, 5.41) is 29.7. The molecule has 11 aliphatic rings. The van der Waals surface area contributed by atoms with Gasteiger partial charge in [0, 0.05) is 178 Å². The van der Waals surface area contributed by atoms with E-state index in [1.807, 2.05) is 0 Å². The molecule has 9 heterocycles. The highest BCUT2D eigenvalue weighted by molar-refractivity contribution is 5.04. The number of terminal acetylenes is 1. The van der Waals surface area contributed by atoms with Gasteiger partial charge in [-0.3, -0.25) is 9.80 Å². The van der Waals surface area contributed by atoms with Gasteiger partial charge in [-0.15, -0.1) is 6.42 Å². The first-order valence-corrected chi connectivity index (χ1v) is 39.8. The van der Waals surface area contributed by atoms with Gasteiger partial charge in [0.05, 0.1) is 12.1 Å². The van der Waals surface area contributed by atoms with Crippen molar-refractivity contribution in [2.75, 3.05) is 118 Å². The molecule has 11 rings (SSSR count). The molecule has 9 aliphatic heterocycles. The first-order chi connectivity index (χ1) is 44.9. The van der Waals surface area contributed by atoms with Crippen LogP contribution in [0.25, 0.3) is 0 Å². The summed E-state index contributed by atoms with van der Waals surface area (Å²) in [6.45, 7) is 64.5. The quantitative estimate of drug-likeness (QED) is 0.0827. The maximum atomic E-state index is 5.82. The summed E-state index contributed by atoms with van der Waals surface area (Å²) in [7, 11) is 0. The lowest BCUT2D eigenvalue weighted by Crippen LogP contribution is -2.60. The fraction of sp³-hybridized carbons (Fsp3) is 0.975. The third-order valence-corrected chi connectivity index (χ3v) is 21.2. The highest BCUT2D eigenvalue weighted by atomic mass is 16.5. The van der Waals surface area contributed by atoms with Crippen LogP contribution in [-0.4, -0.2) is 243 Å². The maximum absolute atomic E-state index is 5.82. The van der Waals surface area contributed by atoms with E-state index in [9.17, 15) is 0 Å². The van der Waals surface area contributed by atoms with E-state index in [0.717, 1.165) is 121 Å². The fourth-order valence-electron chi connectivity index (χ4n) is 17.2. The van der Waals surface area contributed by atoms with Gasteiger partial charge in [0.15, 0.2) is 0 Å². The normalized spacial score (nSPS) is 29.7. The summed E-state index contributed by atoms with van der Waals surface area (Å²) in [5.74, 6) is 3.46. The molecule has 4 atom stereocenters. The van der Waals surface area contributed by atoms with Crippen LogP contribution >= 0.6 is 0 Å². The molecule has 0 radical (unpaired) electrons. The predicted molar refractivity (Wildman–Crippen MR) is 407 cm³/mol. The summed E-state index contributed by atoms with van der Waals surface area (Å²) in [5.41, 5.74) is 1.82. The van der Waals surface area contributed by atoms with E-state index in [1.165, 1.54) is 174 Å². The van der Waals surface area contributed by atoms with Crippen molar-refractivity contribution in [1.29, 1.82) is 0 Å². The minimum absolute atomic E-state index is 0.0679. The summed E-state index contributed by atoms with van der Waals surface area (Å²) in [4.78, 5) is 10.4. The van der Waals surface area contributed by atoms with E-state index < -0.39 is 0 Å². The Morgan fingerprint density at radius 3 is 1.17 bits per heavy atom. The molecular weight excluding hydrogens is 1190 g/mol. The number of ether oxygens (including phenoxy) is 4. The Kier molecular flexibility index (Phi) is 34.2. The van der Waals surface area contributed by atoms with Crippen LogP contribution in [0.5, 0.6) is 0 Å². The Morgan fingerprint density at radius 1 is 0.406 bits per heavy atom. The summed E-state index contributed by atoms with van der Waals surface area (Å²) < 4.78 is 22.2. The van der Waals surface area contributed by atoms with E-state index in [1.54, 1.807) is 0 Å². The predicted octanol–water partition coefficient (Wildman–Crippen LogP) is 11.5. The number of likely N-dealkylation sites (tertiary alicyclic amines) is 4. The molecule has 0 aromatic rings. The van der Waals surface area contributed by atoms with Crippen LogP contribution < -0.4 is 42.5 Å². The highest BCUT2D eigenvalue weighted by Gasteiger charge is 2.44. The third-order valence-electron chi connectivity index (χ3n) is 21.2. The van der Waals surface area contributed by atoms with Gasteiger partial charge >= 0.3 is 0 Å². The minimum Gasteiger partial charge on any atom is -0.381 e. The van der Waals surface area contributed by atoms with Crippen molar-refractivity contribution >= 4 is 0 Å². The van der Waals surface area contributed by atoms with Gasteiger partial charge in [0.25, 0.3) is 0 Å². The van der Waals surface area contributed by atoms with E-state index in [0.29, 0.717) is 29.7 Å². The van der Waals surface area contributed by atoms with Crippen LogP contribution in [-0.2, 0) is 18.9 Å². The first kappa shape index (κ1) is 83.9. The lowest BCUT2D eigenvalue weighted by atomic mass is 9.77. The number of piperidine rings is 2. The molecular formula is C80H158N12O4. The Hall–Kier alpha value is -1.08. The third kappa shape index (κ3) is 34.5. The van der Waals surface area contributed by atoms with Gasteiger partial charge in [-0.2, -0.15) is 0 Å². The number of nitrogens with zero attached hydrogens (tertiary/aromatic N) is 4. The monoisotopic (exact) mass is 1350 g/mol. The zero-order chi connectivity index (χ0) is 70.4. The molecule has 2 saturated carbocycles. The second-order valence-corrected chi connectivity index (χ2v) is 38.3. The van der Waals surface area contributed by atoms with Gasteiger partial charge in [0.2, 0.25) is 0 Å². The maximum Gasteiger partial charge on any atom is 0.0641 e. The first-order valence-electron chi connectivity index (χ1n) is 39.8. The molecule has 9 saturated heterocycles. The Balaban J connectivity index is 0.000000183. The average molecular weight is 1350 g/mol. The standard InChI is InChI=1S/C15H30N2O.2C14H28N2O.C13H26N2O.C13H26N2.C11H20N2/c1-14(2,3)16-12-6-8-17(11-12)13-7-9-18-15(4,5)10-13;2*1-14(2,3)15-12-4-8-16(9-5-12)13-6-10-17-11-7-13;1-12(2,3)15-13(6-7-14-10-13)11-4-8-16-9-5-11;1-13(2,3)15-12-8-6-11(7-9-12)14-10-4-5-10;1-5-7-13-8-6-10(9-13)12-11(2,3)4/h12-13,16H,6-11H2,1-5H3;2*12-13,15H,4-11H2,1-3H3;11,14-15H,4-10H2,1-3H3;10-12,14-15H,4-9H2,1-3H3;1,10,12H,6-9H2,2-4H3/t12-,13?;;;13-;;10-/m1..0.1/s1. The average Bonchev–Trinajstić information content (AvgIpc) is 1.58. The number of rotatable bonds is 13. The molecule has 0 aromatic heterocycles. The molecule has 0 bridgehead atoms. The topological polar surface area (TPSA) is 146 Å². The Bertz CT molecular complexity index is 2070. The fourth-order valence-corrected chi connectivity index (χ4v) is 17.2. The second-order valence-electron chi connectivity index (χ2n) is 38.3. The van der Waals surface area contributed by atoms with Crippen LogP contribution in [0.15, 0.2) is 0 Å². The van der Waals surface area contributed by atoms with Gasteiger partial charge < -0.3 is 71.3 Å². The van der Waals surface area contributed by atoms with E-state index in [4.69, 9.17) is 25.4 Å². The second kappa shape index (κ2) is 39.2. The van der Waals surface area contributed by atoms with Crippen molar-refractivity contribution in [3.05, 3.63) is 0 Å².